The second-order valence-corrected chi connectivity index (χ2v) is 5.32. The first-order valence-corrected chi connectivity index (χ1v) is 7.50. The molecule has 0 radical (unpaired) electrons. The number of ether oxygens (including phenoxy) is 1. The fourth-order valence-corrected chi connectivity index (χ4v) is 2.66. The van der Waals surface area contributed by atoms with Gasteiger partial charge in [0.15, 0.2) is 11.6 Å². The van der Waals surface area contributed by atoms with Crippen LogP contribution in [0.2, 0.25) is 0 Å². The number of carbonyl (C=O) groups is 1. The predicted molar refractivity (Wildman–Crippen MR) is 79.7 cm³/mol. The molecule has 1 N–H and O–H groups in total. The molecule has 0 aliphatic carbocycles. The van der Waals surface area contributed by atoms with Crippen molar-refractivity contribution in [3.8, 4) is 5.75 Å². The zero-order valence-electron chi connectivity index (χ0n) is 12.7. The van der Waals surface area contributed by atoms with E-state index in [9.17, 15) is 9.18 Å². The molecule has 1 aromatic carbocycles. The highest BCUT2D eigenvalue weighted by molar-refractivity contribution is 5.82. The molecule has 1 aromatic rings. The molecule has 1 atom stereocenters. The molecule has 1 fully saturated rings. The third kappa shape index (κ3) is 3.94. The molecular formula is C16H23FN2O2. The van der Waals surface area contributed by atoms with E-state index in [2.05, 4.69) is 5.32 Å². The summed E-state index contributed by atoms with van der Waals surface area (Å²) in [5, 5.41) is 3.26. The smallest absolute Gasteiger partial charge is 0.239 e. The molecule has 1 aliphatic rings. The maximum absolute atomic E-state index is 13.7. The Labute approximate surface area is 125 Å². The topological polar surface area (TPSA) is 41.6 Å². The van der Waals surface area contributed by atoms with Crippen LogP contribution in [0, 0.1) is 5.82 Å². The van der Waals surface area contributed by atoms with Crippen LogP contribution in [0.1, 0.15) is 31.7 Å². The Morgan fingerprint density at radius 2 is 2.29 bits per heavy atom. The second kappa shape index (κ2) is 7.41. The third-order valence-electron chi connectivity index (χ3n) is 3.89. The summed E-state index contributed by atoms with van der Waals surface area (Å²) in [7, 11) is 1.44. The van der Waals surface area contributed by atoms with Gasteiger partial charge >= 0.3 is 0 Å². The number of benzene rings is 1. The van der Waals surface area contributed by atoms with Crippen molar-refractivity contribution in [1.29, 1.82) is 0 Å². The highest BCUT2D eigenvalue weighted by atomic mass is 19.1. The van der Waals surface area contributed by atoms with Crippen LogP contribution in [0.3, 0.4) is 0 Å². The van der Waals surface area contributed by atoms with Crippen LogP contribution in [0.25, 0.3) is 0 Å². The highest BCUT2D eigenvalue weighted by Crippen LogP contribution is 2.19. The van der Waals surface area contributed by atoms with E-state index < -0.39 is 5.82 Å². The molecule has 2 rings (SSSR count). The van der Waals surface area contributed by atoms with Crippen LogP contribution in [-0.2, 0) is 11.3 Å². The third-order valence-corrected chi connectivity index (χ3v) is 3.89. The van der Waals surface area contributed by atoms with Gasteiger partial charge in [0.2, 0.25) is 5.91 Å². The Morgan fingerprint density at radius 3 is 2.86 bits per heavy atom. The van der Waals surface area contributed by atoms with Crippen LogP contribution in [0.5, 0.6) is 5.75 Å². The summed E-state index contributed by atoms with van der Waals surface area (Å²) in [6.07, 6.45) is 3.09. The quantitative estimate of drug-likeness (QED) is 0.906. The minimum Gasteiger partial charge on any atom is -0.494 e. The summed E-state index contributed by atoms with van der Waals surface area (Å²) in [6, 6.07) is 4.73. The van der Waals surface area contributed by atoms with Crippen LogP contribution in [0.15, 0.2) is 18.2 Å². The molecule has 0 saturated carbocycles. The molecule has 4 nitrogen and oxygen atoms in total. The number of piperidine rings is 1. The Kier molecular flexibility index (Phi) is 5.56. The van der Waals surface area contributed by atoms with Crippen molar-refractivity contribution < 1.29 is 13.9 Å². The monoisotopic (exact) mass is 294 g/mol. The van der Waals surface area contributed by atoms with Gasteiger partial charge < -0.3 is 15.0 Å². The van der Waals surface area contributed by atoms with Gasteiger partial charge in [0.05, 0.1) is 13.2 Å². The van der Waals surface area contributed by atoms with Crippen molar-refractivity contribution in [3.05, 3.63) is 29.6 Å². The fraction of sp³-hybridized carbons (Fsp3) is 0.562. The number of hydrogen-bond donors (Lipinski definition) is 1. The molecule has 1 amide bonds. The van der Waals surface area contributed by atoms with Crippen molar-refractivity contribution in [1.82, 2.24) is 10.2 Å². The lowest BCUT2D eigenvalue weighted by atomic mass is 10.0. The van der Waals surface area contributed by atoms with Crippen molar-refractivity contribution in [2.75, 3.05) is 20.2 Å². The number of nitrogens with zero attached hydrogens (tertiary/aromatic N) is 1. The maximum Gasteiger partial charge on any atom is 0.239 e. The van der Waals surface area contributed by atoms with Gasteiger partial charge in [0, 0.05) is 13.1 Å². The van der Waals surface area contributed by atoms with E-state index >= 15 is 0 Å². The SMILES string of the molecule is CCN(Cc1ccc(OC)c(F)c1)C(=O)[C@H]1CCCCN1. The summed E-state index contributed by atoms with van der Waals surface area (Å²) in [4.78, 5) is 14.3. The van der Waals surface area contributed by atoms with Gasteiger partial charge in [-0.05, 0) is 44.0 Å². The molecule has 0 spiro atoms. The van der Waals surface area contributed by atoms with Gasteiger partial charge in [-0.25, -0.2) is 4.39 Å². The molecule has 1 heterocycles. The van der Waals surface area contributed by atoms with Gasteiger partial charge in [-0.2, -0.15) is 0 Å². The standard InChI is InChI=1S/C16H23FN2O2/c1-3-19(16(20)14-6-4-5-9-18-14)11-12-7-8-15(21-2)13(17)10-12/h7-8,10,14,18H,3-6,9,11H2,1-2H3/t14-/m1/s1. The first kappa shape index (κ1) is 15.8. The van der Waals surface area contributed by atoms with Crippen molar-refractivity contribution in [3.63, 3.8) is 0 Å². The summed E-state index contributed by atoms with van der Waals surface area (Å²) < 4.78 is 18.6. The van der Waals surface area contributed by atoms with Crippen LogP contribution < -0.4 is 10.1 Å². The lowest BCUT2D eigenvalue weighted by molar-refractivity contribution is -0.134. The van der Waals surface area contributed by atoms with Gasteiger partial charge in [0.25, 0.3) is 0 Å². The molecule has 0 bridgehead atoms. The summed E-state index contributed by atoms with van der Waals surface area (Å²) >= 11 is 0. The molecule has 0 unspecified atom stereocenters. The largest absolute Gasteiger partial charge is 0.494 e. The van der Waals surface area contributed by atoms with E-state index in [4.69, 9.17) is 4.74 Å². The van der Waals surface area contributed by atoms with Gasteiger partial charge in [-0.3, -0.25) is 4.79 Å². The minimum atomic E-state index is -0.394. The van der Waals surface area contributed by atoms with E-state index in [0.29, 0.717) is 13.1 Å². The van der Waals surface area contributed by atoms with Crippen molar-refractivity contribution >= 4 is 5.91 Å². The number of carbonyl (C=O) groups excluding carboxylic acids is 1. The number of amides is 1. The average molecular weight is 294 g/mol. The molecule has 5 heteroatoms. The second-order valence-electron chi connectivity index (χ2n) is 5.32. The minimum absolute atomic E-state index is 0.0956. The van der Waals surface area contributed by atoms with Crippen molar-refractivity contribution in [2.24, 2.45) is 0 Å². The first-order chi connectivity index (χ1) is 10.2. The summed E-state index contributed by atoms with van der Waals surface area (Å²) in [6.45, 7) is 3.88. The number of rotatable bonds is 5. The van der Waals surface area contributed by atoms with Gasteiger partial charge in [-0.1, -0.05) is 12.5 Å². The van der Waals surface area contributed by atoms with E-state index in [1.54, 1.807) is 17.0 Å². The van der Waals surface area contributed by atoms with Gasteiger partial charge in [0.1, 0.15) is 0 Å². The Morgan fingerprint density at radius 1 is 1.48 bits per heavy atom. The molecule has 116 valence electrons. The van der Waals surface area contributed by atoms with E-state index in [0.717, 1.165) is 31.4 Å². The molecule has 0 aromatic heterocycles. The maximum atomic E-state index is 13.7. The average Bonchev–Trinajstić information content (AvgIpc) is 2.53. The van der Waals surface area contributed by atoms with Crippen LogP contribution >= 0.6 is 0 Å². The fourth-order valence-electron chi connectivity index (χ4n) is 2.66. The lowest BCUT2D eigenvalue weighted by Gasteiger charge is -2.29. The highest BCUT2D eigenvalue weighted by Gasteiger charge is 2.25. The molecule has 21 heavy (non-hydrogen) atoms. The predicted octanol–water partition coefficient (Wildman–Crippen LogP) is 2.32. The number of nitrogens with one attached hydrogen (secondary N) is 1. The number of halogens is 1. The summed E-state index contributed by atoms with van der Waals surface area (Å²) in [5.74, 6) is -0.0650. The van der Waals surface area contributed by atoms with Crippen LogP contribution in [-0.4, -0.2) is 37.0 Å². The molecule has 1 saturated heterocycles. The van der Waals surface area contributed by atoms with Gasteiger partial charge in [-0.15, -0.1) is 0 Å². The van der Waals surface area contributed by atoms with Crippen LogP contribution in [0.4, 0.5) is 4.39 Å². The number of hydrogen-bond acceptors (Lipinski definition) is 3. The van der Waals surface area contributed by atoms with E-state index in [1.165, 1.54) is 13.2 Å². The Bertz CT molecular complexity index is 487. The normalized spacial score (nSPS) is 18.3. The molecule has 1 aliphatic heterocycles. The Balaban J connectivity index is 2.04. The number of likely N-dealkylation sites (N-methyl/N-ethyl adjacent to an activating group) is 1. The first-order valence-electron chi connectivity index (χ1n) is 7.50. The van der Waals surface area contributed by atoms with E-state index in [1.807, 2.05) is 6.92 Å². The zero-order valence-corrected chi connectivity index (χ0v) is 12.7. The van der Waals surface area contributed by atoms with Crippen molar-refractivity contribution in [2.45, 2.75) is 38.8 Å². The number of methoxy groups -OCH3 is 1. The summed E-state index contributed by atoms with van der Waals surface area (Å²) in [5.41, 5.74) is 0.777. The molecular weight excluding hydrogens is 271 g/mol. The lowest BCUT2D eigenvalue weighted by Crippen LogP contribution is -2.48. The zero-order chi connectivity index (χ0) is 15.2. The van der Waals surface area contributed by atoms with E-state index in [-0.39, 0.29) is 17.7 Å². The Hall–Kier alpha value is -1.62.